The Kier molecular flexibility index (Phi) is 10.5. The molecule has 0 radical (unpaired) electrons. The highest BCUT2D eigenvalue weighted by atomic mass is 16.5. The van der Waals surface area contributed by atoms with E-state index in [1.54, 1.807) is 0 Å². The lowest BCUT2D eigenvalue weighted by molar-refractivity contribution is -0.140. The van der Waals surface area contributed by atoms with Crippen molar-refractivity contribution in [2.24, 2.45) is 0 Å². The largest absolute Gasteiger partial charge is 0.469 e. The molecule has 0 fully saturated rings. The quantitative estimate of drug-likeness (QED) is 0.359. The van der Waals surface area contributed by atoms with Crippen molar-refractivity contribution in [2.45, 2.75) is 84.0 Å². The number of carbonyl (C=O) groups is 1. The van der Waals surface area contributed by atoms with Gasteiger partial charge in [-0.2, -0.15) is 0 Å². The van der Waals surface area contributed by atoms with Crippen LogP contribution in [0.2, 0.25) is 0 Å². The first-order valence-electron chi connectivity index (χ1n) is 8.90. The summed E-state index contributed by atoms with van der Waals surface area (Å²) in [5.41, 5.74) is 0. The van der Waals surface area contributed by atoms with E-state index in [-0.39, 0.29) is 5.97 Å². The van der Waals surface area contributed by atoms with Crippen LogP contribution in [0.4, 0.5) is 0 Å². The van der Waals surface area contributed by atoms with E-state index in [9.17, 15) is 4.79 Å². The van der Waals surface area contributed by atoms with Crippen LogP contribution in [0.1, 0.15) is 82.7 Å². The molecule has 126 valence electrons. The van der Waals surface area contributed by atoms with Crippen molar-refractivity contribution in [3.05, 3.63) is 23.7 Å². The zero-order valence-corrected chi connectivity index (χ0v) is 14.4. The normalized spacial score (nSPS) is 10.8. The zero-order chi connectivity index (χ0) is 16.0. The Morgan fingerprint density at radius 2 is 1.45 bits per heavy atom. The second-order valence-corrected chi connectivity index (χ2v) is 6.02. The summed E-state index contributed by atoms with van der Waals surface area (Å²) in [6.07, 6.45) is 14.1. The molecule has 0 bridgehead atoms. The Balaban J connectivity index is 2.01. The number of furan rings is 1. The second kappa shape index (κ2) is 12.3. The molecule has 0 spiro atoms. The molecular weight excluding hydrogens is 276 g/mol. The second-order valence-electron chi connectivity index (χ2n) is 6.02. The number of esters is 1. The smallest absolute Gasteiger partial charge is 0.305 e. The zero-order valence-electron chi connectivity index (χ0n) is 14.4. The van der Waals surface area contributed by atoms with Gasteiger partial charge in [-0.3, -0.25) is 4.79 Å². The van der Waals surface area contributed by atoms with Gasteiger partial charge in [-0.25, -0.2) is 0 Å². The summed E-state index contributed by atoms with van der Waals surface area (Å²) in [7, 11) is 1.42. The Morgan fingerprint density at radius 3 is 2.05 bits per heavy atom. The number of ether oxygens (including phenoxy) is 1. The minimum atomic E-state index is -0.183. The van der Waals surface area contributed by atoms with Gasteiger partial charge in [0.25, 0.3) is 0 Å². The predicted octanol–water partition coefficient (Wildman–Crippen LogP) is 5.46. The summed E-state index contributed by atoms with van der Waals surface area (Å²) in [5, 5.41) is 0. The van der Waals surface area contributed by atoms with Crippen LogP contribution < -0.4 is 0 Å². The molecule has 0 saturated heterocycles. The SMILES string of the molecule is CCCCCCCCCCCc1ccc(CCC(=O)OC)o1. The third-order valence-corrected chi connectivity index (χ3v) is 4.05. The lowest BCUT2D eigenvalue weighted by Crippen LogP contribution is -2.01. The van der Waals surface area contributed by atoms with Gasteiger partial charge in [0.1, 0.15) is 11.5 Å². The molecule has 1 rings (SSSR count). The van der Waals surface area contributed by atoms with Crippen LogP contribution in [0.25, 0.3) is 0 Å². The standard InChI is InChI=1S/C19H32O3/c1-3-4-5-6-7-8-9-10-11-12-17-13-14-18(22-17)15-16-19(20)21-2/h13-14H,3-12,15-16H2,1-2H3. The van der Waals surface area contributed by atoms with Crippen molar-refractivity contribution in [1.29, 1.82) is 0 Å². The summed E-state index contributed by atoms with van der Waals surface area (Å²) in [6.45, 7) is 2.26. The Hall–Kier alpha value is -1.25. The van der Waals surface area contributed by atoms with Crippen molar-refractivity contribution in [3.63, 3.8) is 0 Å². The number of hydrogen-bond acceptors (Lipinski definition) is 3. The molecule has 1 heterocycles. The van der Waals surface area contributed by atoms with E-state index in [1.807, 2.05) is 12.1 Å². The maximum atomic E-state index is 11.1. The maximum absolute atomic E-state index is 11.1. The van der Waals surface area contributed by atoms with Gasteiger partial charge < -0.3 is 9.15 Å². The van der Waals surface area contributed by atoms with Crippen LogP contribution in [-0.4, -0.2) is 13.1 Å². The van der Waals surface area contributed by atoms with Gasteiger partial charge >= 0.3 is 5.97 Å². The van der Waals surface area contributed by atoms with Crippen molar-refractivity contribution in [3.8, 4) is 0 Å². The van der Waals surface area contributed by atoms with Crippen molar-refractivity contribution < 1.29 is 13.9 Å². The van der Waals surface area contributed by atoms with Gasteiger partial charge in [0.2, 0.25) is 0 Å². The van der Waals surface area contributed by atoms with Gasteiger partial charge in [0.05, 0.1) is 13.5 Å². The van der Waals surface area contributed by atoms with Crippen LogP contribution in [0, 0.1) is 0 Å². The average Bonchev–Trinajstić information content (AvgIpc) is 2.99. The molecule has 3 nitrogen and oxygen atoms in total. The number of carbonyl (C=O) groups excluding carboxylic acids is 1. The molecule has 0 atom stereocenters. The third kappa shape index (κ3) is 8.91. The highest BCUT2D eigenvalue weighted by Gasteiger charge is 2.06. The minimum absolute atomic E-state index is 0.183. The summed E-state index contributed by atoms with van der Waals surface area (Å²) in [4.78, 5) is 11.1. The first kappa shape index (κ1) is 18.8. The number of rotatable bonds is 13. The highest BCUT2D eigenvalue weighted by molar-refractivity contribution is 5.69. The molecule has 0 aliphatic rings. The van der Waals surface area contributed by atoms with Gasteiger partial charge in [-0.1, -0.05) is 58.3 Å². The fourth-order valence-electron chi connectivity index (χ4n) is 2.63. The number of methoxy groups -OCH3 is 1. The fourth-order valence-corrected chi connectivity index (χ4v) is 2.63. The molecular formula is C19H32O3. The van der Waals surface area contributed by atoms with Gasteiger partial charge in [-0.05, 0) is 18.6 Å². The molecule has 0 unspecified atom stereocenters. The van der Waals surface area contributed by atoms with Gasteiger partial charge in [0, 0.05) is 12.8 Å². The van der Waals surface area contributed by atoms with E-state index >= 15 is 0 Å². The first-order chi connectivity index (χ1) is 10.8. The maximum Gasteiger partial charge on any atom is 0.305 e. The third-order valence-electron chi connectivity index (χ3n) is 4.05. The molecule has 1 aromatic rings. The van der Waals surface area contributed by atoms with E-state index in [1.165, 1.54) is 64.9 Å². The predicted molar refractivity (Wildman–Crippen MR) is 90.0 cm³/mol. The minimum Gasteiger partial charge on any atom is -0.469 e. The fraction of sp³-hybridized carbons (Fsp3) is 0.737. The van der Waals surface area contributed by atoms with E-state index in [2.05, 4.69) is 11.7 Å². The van der Waals surface area contributed by atoms with Crippen molar-refractivity contribution >= 4 is 5.97 Å². The van der Waals surface area contributed by atoms with Crippen LogP contribution in [0.15, 0.2) is 16.5 Å². The molecule has 0 saturated carbocycles. The van der Waals surface area contributed by atoms with Crippen LogP contribution >= 0.6 is 0 Å². The van der Waals surface area contributed by atoms with Crippen LogP contribution in [-0.2, 0) is 22.4 Å². The Morgan fingerprint density at radius 1 is 0.909 bits per heavy atom. The molecule has 0 aliphatic heterocycles. The van der Waals surface area contributed by atoms with Crippen molar-refractivity contribution in [1.82, 2.24) is 0 Å². The molecule has 0 aliphatic carbocycles. The summed E-state index contributed by atoms with van der Waals surface area (Å²) >= 11 is 0. The molecule has 0 N–H and O–H groups in total. The molecule has 22 heavy (non-hydrogen) atoms. The highest BCUT2D eigenvalue weighted by Crippen LogP contribution is 2.15. The number of aryl methyl sites for hydroxylation is 2. The number of hydrogen-bond donors (Lipinski definition) is 0. The van der Waals surface area contributed by atoms with E-state index in [0.717, 1.165) is 17.9 Å². The monoisotopic (exact) mass is 308 g/mol. The molecule has 0 aromatic carbocycles. The van der Waals surface area contributed by atoms with E-state index in [0.29, 0.717) is 12.8 Å². The lowest BCUT2D eigenvalue weighted by Gasteiger charge is -2.01. The lowest BCUT2D eigenvalue weighted by atomic mass is 10.1. The number of unbranched alkanes of at least 4 members (excludes halogenated alkanes) is 8. The Labute approximate surface area is 135 Å². The summed E-state index contributed by atoms with van der Waals surface area (Å²) in [5.74, 6) is 1.75. The van der Waals surface area contributed by atoms with Crippen molar-refractivity contribution in [2.75, 3.05) is 7.11 Å². The molecule has 3 heteroatoms. The first-order valence-corrected chi connectivity index (χ1v) is 8.90. The summed E-state index contributed by atoms with van der Waals surface area (Å²) < 4.78 is 10.4. The average molecular weight is 308 g/mol. The van der Waals surface area contributed by atoms with Gasteiger partial charge in [0.15, 0.2) is 0 Å². The topological polar surface area (TPSA) is 39.4 Å². The van der Waals surface area contributed by atoms with Crippen LogP contribution in [0.5, 0.6) is 0 Å². The van der Waals surface area contributed by atoms with E-state index < -0.39 is 0 Å². The molecule has 0 amide bonds. The van der Waals surface area contributed by atoms with Crippen LogP contribution in [0.3, 0.4) is 0 Å². The van der Waals surface area contributed by atoms with Gasteiger partial charge in [-0.15, -0.1) is 0 Å². The Bertz CT molecular complexity index is 395. The van der Waals surface area contributed by atoms with E-state index in [4.69, 9.17) is 4.42 Å². The molecule has 1 aromatic heterocycles. The summed E-state index contributed by atoms with van der Waals surface area (Å²) in [6, 6.07) is 4.02.